The summed E-state index contributed by atoms with van der Waals surface area (Å²) in [7, 11) is 0. The van der Waals surface area contributed by atoms with Gasteiger partial charge in [0.25, 0.3) is 5.91 Å². The lowest BCUT2D eigenvalue weighted by Gasteiger charge is -2.26. The summed E-state index contributed by atoms with van der Waals surface area (Å²) in [6.07, 6.45) is 1.67. The van der Waals surface area contributed by atoms with Gasteiger partial charge in [-0.05, 0) is 37.7 Å². The number of hydrogen-bond acceptors (Lipinski definition) is 4. The molecule has 0 saturated heterocycles. The molecule has 0 atom stereocenters. The number of hydrogen-bond donors (Lipinski definition) is 1. The molecule has 0 fully saturated rings. The molecule has 0 radical (unpaired) electrons. The number of aryl methyl sites for hydroxylation is 1. The second kappa shape index (κ2) is 6.91. The zero-order valence-corrected chi connectivity index (χ0v) is 14.3. The lowest BCUT2D eigenvalue weighted by atomic mass is 10.2. The molecule has 0 aromatic carbocycles. The van der Waals surface area contributed by atoms with Gasteiger partial charge in [-0.2, -0.15) is 11.8 Å². The van der Waals surface area contributed by atoms with Gasteiger partial charge in [-0.1, -0.05) is 12.2 Å². The van der Waals surface area contributed by atoms with Crippen LogP contribution >= 0.6 is 35.3 Å². The molecular weight excluding hydrogens is 308 g/mol. The Morgan fingerprint density at radius 3 is 2.90 bits per heavy atom. The quantitative estimate of drug-likeness (QED) is 0.844. The van der Waals surface area contributed by atoms with Crippen molar-refractivity contribution in [3.8, 4) is 0 Å². The molecular formula is C14H20N2OS3. The molecule has 6 heteroatoms. The number of carbonyl (C=O) groups is 1. The lowest BCUT2D eigenvalue weighted by Crippen LogP contribution is -2.38. The number of nitrogens with two attached hydrogens (primary N) is 1. The van der Waals surface area contributed by atoms with E-state index in [4.69, 9.17) is 18.0 Å². The number of amides is 1. The second-order valence-corrected chi connectivity index (χ2v) is 7.94. The summed E-state index contributed by atoms with van der Waals surface area (Å²) < 4.78 is 0. The molecule has 0 bridgehead atoms. The largest absolute Gasteiger partial charge is 0.393 e. The van der Waals surface area contributed by atoms with Crippen LogP contribution in [0.3, 0.4) is 0 Å². The van der Waals surface area contributed by atoms with Crippen molar-refractivity contribution in [3.63, 3.8) is 0 Å². The van der Waals surface area contributed by atoms with Crippen LogP contribution in [0.1, 0.15) is 40.4 Å². The fraction of sp³-hybridized carbons (Fsp3) is 0.571. The molecule has 3 nitrogen and oxygen atoms in total. The fourth-order valence-electron chi connectivity index (χ4n) is 2.22. The SMILES string of the molecule is CC(C)N(CCC(N)=S)C(=O)c1cc2c(s1)CCSC2. The third-order valence-electron chi connectivity index (χ3n) is 3.32. The van der Waals surface area contributed by atoms with Crippen molar-refractivity contribution in [2.24, 2.45) is 5.73 Å². The van der Waals surface area contributed by atoms with Crippen LogP contribution in [0.2, 0.25) is 0 Å². The van der Waals surface area contributed by atoms with Crippen molar-refractivity contribution >= 4 is 46.2 Å². The van der Waals surface area contributed by atoms with E-state index >= 15 is 0 Å². The summed E-state index contributed by atoms with van der Waals surface area (Å²) in [6, 6.07) is 2.23. The lowest BCUT2D eigenvalue weighted by molar-refractivity contribution is 0.0716. The van der Waals surface area contributed by atoms with E-state index in [1.165, 1.54) is 10.4 Å². The highest BCUT2D eigenvalue weighted by Crippen LogP contribution is 2.32. The molecule has 0 aliphatic carbocycles. The van der Waals surface area contributed by atoms with Gasteiger partial charge in [0.15, 0.2) is 0 Å². The summed E-state index contributed by atoms with van der Waals surface area (Å²) in [4.78, 5) is 17.2. The summed E-state index contributed by atoms with van der Waals surface area (Å²) in [5.41, 5.74) is 6.89. The van der Waals surface area contributed by atoms with Crippen LogP contribution in [0.5, 0.6) is 0 Å². The number of nitrogens with zero attached hydrogens (tertiary/aromatic N) is 1. The molecule has 0 saturated carbocycles. The number of rotatable bonds is 5. The number of thioether (sulfide) groups is 1. The van der Waals surface area contributed by atoms with Crippen molar-refractivity contribution in [1.29, 1.82) is 0 Å². The topological polar surface area (TPSA) is 46.3 Å². The molecule has 1 amide bonds. The van der Waals surface area contributed by atoms with Crippen LogP contribution in [0.15, 0.2) is 6.07 Å². The zero-order chi connectivity index (χ0) is 14.7. The highest BCUT2D eigenvalue weighted by molar-refractivity contribution is 7.98. The maximum absolute atomic E-state index is 12.7. The van der Waals surface area contributed by atoms with Crippen molar-refractivity contribution in [2.45, 2.75) is 38.5 Å². The van der Waals surface area contributed by atoms with Gasteiger partial charge in [-0.3, -0.25) is 4.79 Å². The van der Waals surface area contributed by atoms with Gasteiger partial charge in [0.1, 0.15) is 0 Å². The first kappa shape index (κ1) is 15.8. The maximum Gasteiger partial charge on any atom is 0.264 e. The van der Waals surface area contributed by atoms with Crippen molar-refractivity contribution < 1.29 is 4.79 Å². The molecule has 20 heavy (non-hydrogen) atoms. The van der Waals surface area contributed by atoms with E-state index < -0.39 is 0 Å². The van der Waals surface area contributed by atoms with Crippen molar-refractivity contribution in [1.82, 2.24) is 4.90 Å². The Balaban J connectivity index is 2.14. The molecule has 0 spiro atoms. The fourth-order valence-corrected chi connectivity index (χ4v) is 4.64. The smallest absolute Gasteiger partial charge is 0.264 e. The predicted molar refractivity (Wildman–Crippen MR) is 91.8 cm³/mol. The Kier molecular flexibility index (Phi) is 5.46. The summed E-state index contributed by atoms with van der Waals surface area (Å²) in [5.74, 6) is 2.31. The van der Waals surface area contributed by atoms with Crippen LogP contribution in [0.25, 0.3) is 0 Å². The second-order valence-electron chi connectivity index (χ2n) is 5.17. The minimum Gasteiger partial charge on any atom is -0.393 e. The van der Waals surface area contributed by atoms with Crippen LogP contribution in [-0.2, 0) is 12.2 Å². The van der Waals surface area contributed by atoms with Crippen LogP contribution in [0.4, 0.5) is 0 Å². The Bertz CT molecular complexity index is 487. The van der Waals surface area contributed by atoms with Gasteiger partial charge in [-0.25, -0.2) is 0 Å². The molecule has 2 rings (SSSR count). The average Bonchev–Trinajstić information content (AvgIpc) is 2.81. The van der Waals surface area contributed by atoms with Gasteiger partial charge in [0.05, 0.1) is 9.87 Å². The van der Waals surface area contributed by atoms with E-state index in [9.17, 15) is 4.79 Å². The van der Waals surface area contributed by atoms with E-state index in [1.54, 1.807) is 11.3 Å². The molecule has 0 unspecified atom stereocenters. The highest BCUT2D eigenvalue weighted by Gasteiger charge is 2.23. The van der Waals surface area contributed by atoms with Crippen LogP contribution in [-0.4, -0.2) is 34.1 Å². The first-order valence-corrected chi connectivity index (χ1v) is 9.15. The van der Waals surface area contributed by atoms with E-state index in [0.717, 1.165) is 22.8 Å². The zero-order valence-electron chi connectivity index (χ0n) is 11.8. The van der Waals surface area contributed by atoms with Gasteiger partial charge in [0.2, 0.25) is 0 Å². The number of fused-ring (bicyclic) bond motifs is 1. The first-order valence-electron chi connectivity index (χ1n) is 6.77. The van der Waals surface area contributed by atoms with E-state index in [2.05, 4.69) is 6.07 Å². The molecule has 2 N–H and O–H groups in total. The minimum atomic E-state index is 0.112. The number of thiophene rings is 1. The van der Waals surface area contributed by atoms with Crippen molar-refractivity contribution in [3.05, 3.63) is 21.4 Å². The van der Waals surface area contributed by atoms with Crippen molar-refractivity contribution in [2.75, 3.05) is 12.3 Å². The standard InChI is InChI=1S/C14H20N2OS3/c1-9(2)16(5-3-13(15)18)14(17)12-7-10-8-19-6-4-11(10)20-12/h7,9H,3-6,8H2,1-2H3,(H2,15,18). The van der Waals surface area contributed by atoms with Gasteiger partial charge in [-0.15, -0.1) is 11.3 Å². The molecule has 110 valence electrons. The van der Waals surface area contributed by atoms with E-state index in [0.29, 0.717) is 18.0 Å². The Labute approximate surface area is 133 Å². The maximum atomic E-state index is 12.7. The Hall–Kier alpha value is -0.590. The molecule has 1 aromatic heterocycles. The number of carbonyl (C=O) groups excluding carboxylic acids is 1. The third kappa shape index (κ3) is 3.74. The number of thiocarbonyl (C=S) groups is 1. The monoisotopic (exact) mass is 328 g/mol. The highest BCUT2D eigenvalue weighted by atomic mass is 32.2. The summed E-state index contributed by atoms with van der Waals surface area (Å²) in [6.45, 7) is 4.66. The van der Waals surface area contributed by atoms with Gasteiger partial charge >= 0.3 is 0 Å². The summed E-state index contributed by atoms with van der Waals surface area (Å²) in [5, 5.41) is 0. The molecule has 2 heterocycles. The average molecular weight is 329 g/mol. The molecule has 1 aliphatic heterocycles. The Morgan fingerprint density at radius 1 is 1.55 bits per heavy atom. The third-order valence-corrected chi connectivity index (χ3v) is 5.76. The van der Waals surface area contributed by atoms with E-state index in [-0.39, 0.29) is 11.9 Å². The predicted octanol–water partition coefficient (Wildman–Crippen LogP) is 3.06. The first-order chi connectivity index (χ1) is 9.49. The molecule has 1 aromatic rings. The van der Waals surface area contributed by atoms with E-state index in [1.807, 2.05) is 30.5 Å². The minimum absolute atomic E-state index is 0.112. The van der Waals surface area contributed by atoms with Crippen LogP contribution in [0, 0.1) is 0 Å². The van der Waals surface area contributed by atoms with Crippen LogP contribution < -0.4 is 5.73 Å². The van der Waals surface area contributed by atoms with Gasteiger partial charge < -0.3 is 10.6 Å². The normalized spacial score (nSPS) is 14.2. The summed E-state index contributed by atoms with van der Waals surface area (Å²) >= 11 is 8.51. The molecule has 1 aliphatic rings. The van der Waals surface area contributed by atoms with Gasteiger partial charge in [0, 0.05) is 29.6 Å². The Morgan fingerprint density at radius 2 is 2.30 bits per heavy atom.